The summed E-state index contributed by atoms with van der Waals surface area (Å²) in [5, 5.41) is 0. The van der Waals surface area contributed by atoms with E-state index in [1.807, 2.05) is 6.20 Å². The van der Waals surface area contributed by atoms with Gasteiger partial charge in [0.05, 0.1) is 5.88 Å². The third-order valence-electron chi connectivity index (χ3n) is 3.80. The van der Waals surface area contributed by atoms with Crippen molar-refractivity contribution in [2.75, 3.05) is 31.6 Å². The first kappa shape index (κ1) is 15.1. The van der Waals surface area contributed by atoms with Crippen LogP contribution in [0.1, 0.15) is 25.3 Å². The van der Waals surface area contributed by atoms with E-state index < -0.39 is 0 Å². The third kappa shape index (κ3) is 3.61. The van der Waals surface area contributed by atoms with Crippen molar-refractivity contribution in [1.29, 1.82) is 0 Å². The lowest BCUT2D eigenvalue weighted by atomic mass is 10.2. The Bertz CT molecular complexity index is 427. The highest BCUT2D eigenvalue weighted by atomic mass is 79.9. The van der Waals surface area contributed by atoms with Gasteiger partial charge in [-0.25, -0.2) is 4.98 Å². The van der Waals surface area contributed by atoms with Crippen LogP contribution in [0.4, 0.5) is 5.82 Å². The van der Waals surface area contributed by atoms with E-state index in [1.54, 1.807) is 0 Å². The maximum Gasteiger partial charge on any atom is 0.132 e. The minimum atomic E-state index is 0.494. The molecule has 3 nitrogen and oxygen atoms in total. The molecule has 0 radical (unpaired) electrons. The monoisotopic (exact) mass is 345 g/mol. The predicted octanol–water partition coefficient (Wildman–Crippen LogP) is 3.50. The highest BCUT2D eigenvalue weighted by Gasteiger charge is 2.25. The van der Waals surface area contributed by atoms with Crippen LogP contribution in [0.25, 0.3) is 0 Å². The lowest BCUT2D eigenvalue weighted by Crippen LogP contribution is -2.39. The average molecular weight is 347 g/mol. The number of pyridine rings is 1. The molecule has 1 fully saturated rings. The second kappa shape index (κ2) is 6.91. The molecule has 1 saturated heterocycles. The number of halogens is 2. The van der Waals surface area contributed by atoms with Gasteiger partial charge in [-0.1, -0.05) is 6.92 Å². The molecule has 0 N–H and O–H groups in total. The molecule has 1 aromatic heterocycles. The second-order valence-corrected chi connectivity index (χ2v) is 6.26. The number of aromatic nitrogens is 1. The highest BCUT2D eigenvalue weighted by molar-refractivity contribution is 9.10. The predicted molar refractivity (Wildman–Crippen MR) is 85.0 cm³/mol. The number of alkyl halides is 1. The fourth-order valence-electron chi connectivity index (χ4n) is 2.84. The molecule has 0 saturated carbocycles. The van der Waals surface area contributed by atoms with Crippen LogP contribution in [0.15, 0.2) is 16.7 Å². The average Bonchev–Trinajstić information content (AvgIpc) is 2.85. The van der Waals surface area contributed by atoms with Crippen LogP contribution < -0.4 is 4.90 Å². The zero-order valence-electron chi connectivity index (χ0n) is 11.6. The Hall–Kier alpha value is -0.320. The molecule has 0 bridgehead atoms. The van der Waals surface area contributed by atoms with E-state index in [-0.39, 0.29) is 0 Å². The minimum Gasteiger partial charge on any atom is -0.358 e. The second-order valence-electron chi connectivity index (χ2n) is 5.08. The third-order valence-corrected chi connectivity index (χ3v) is 4.53. The van der Waals surface area contributed by atoms with Crippen LogP contribution in [0, 0.1) is 0 Å². The largest absolute Gasteiger partial charge is 0.358 e. The van der Waals surface area contributed by atoms with Gasteiger partial charge >= 0.3 is 0 Å². The summed E-state index contributed by atoms with van der Waals surface area (Å²) in [6.07, 6.45) is 4.43. The van der Waals surface area contributed by atoms with Gasteiger partial charge in [0.25, 0.3) is 0 Å². The molecular formula is C14H21BrClN3. The van der Waals surface area contributed by atoms with E-state index in [2.05, 4.69) is 50.8 Å². The zero-order valence-corrected chi connectivity index (χ0v) is 13.9. The number of hydrogen-bond donors (Lipinski definition) is 0. The fourth-order valence-corrected chi connectivity index (χ4v) is 3.41. The molecule has 0 aliphatic carbocycles. The highest BCUT2D eigenvalue weighted by Crippen LogP contribution is 2.24. The normalized spacial score (nSPS) is 19.9. The van der Waals surface area contributed by atoms with Crippen molar-refractivity contribution >= 4 is 33.3 Å². The van der Waals surface area contributed by atoms with Crippen molar-refractivity contribution in [3.05, 3.63) is 22.3 Å². The summed E-state index contributed by atoms with van der Waals surface area (Å²) in [4.78, 5) is 9.31. The van der Waals surface area contributed by atoms with Crippen molar-refractivity contribution < 1.29 is 0 Å². The van der Waals surface area contributed by atoms with Crippen LogP contribution in [0.3, 0.4) is 0 Å². The van der Waals surface area contributed by atoms with Gasteiger partial charge in [0, 0.05) is 35.9 Å². The first-order chi connectivity index (χ1) is 9.15. The van der Waals surface area contributed by atoms with Gasteiger partial charge in [0.15, 0.2) is 0 Å². The molecule has 0 amide bonds. The molecule has 2 rings (SSSR count). The molecule has 1 aromatic rings. The number of rotatable bonds is 5. The Balaban J connectivity index is 2.09. The molecule has 1 atom stereocenters. The Kier molecular flexibility index (Phi) is 5.48. The molecular weight excluding hydrogens is 326 g/mol. The molecule has 1 unspecified atom stereocenters. The lowest BCUT2D eigenvalue weighted by molar-refractivity contribution is 0.270. The summed E-state index contributed by atoms with van der Waals surface area (Å²) in [6.45, 7) is 5.62. The van der Waals surface area contributed by atoms with E-state index in [1.165, 1.54) is 19.4 Å². The van der Waals surface area contributed by atoms with E-state index in [0.29, 0.717) is 11.9 Å². The van der Waals surface area contributed by atoms with Crippen molar-refractivity contribution in [2.45, 2.75) is 31.7 Å². The Morgan fingerprint density at radius 2 is 2.37 bits per heavy atom. The maximum absolute atomic E-state index is 6.02. The molecule has 2 heterocycles. The van der Waals surface area contributed by atoms with E-state index >= 15 is 0 Å². The first-order valence-corrected chi connectivity index (χ1v) is 8.14. The number of hydrogen-bond acceptors (Lipinski definition) is 3. The van der Waals surface area contributed by atoms with E-state index in [4.69, 9.17) is 11.6 Å². The summed E-state index contributed by atoms with van der Waals surface area (Å²) in [7, 11) is 2.11. The van der Waals surface area contributed by atoms with Crippen molar-refractivity contribution in [3.8, 4) is 0 Å². The Morgan fingerprint density at radius 3 is 3.05 bits per heavy atom. The van der Waals surface area contributed by atoms with Gasteiger partial charge in [-0.3, -0.25) is 4.90 Å². The van der Waals surface area contributed by atoms with Gasteiger partial charge in [-0.2, -0.15) is 0 Å². The SMILES string of the molecule is CCN1CCCC1CN(C)c1ncc(Br)cc1CCl. The lowest BCUT2D eigenvalue weighted by Gasteiger charge is -2.29. The Labute approximate surface area is 129 Å². The topological polar surface area (TPSA) is 19.4 Å². The van der Waals surface area contributed by atoms with E-state index in [9.17, 15) is 0 Å². The number of nitrogens with zero attached hydrogens (tertiary/aromatic N) is 3. The Morgan fingerprint density at radius 1 is 1.58 bits per heavy atom. The first-order valence-electron chi connectivity index (χ1n) is 6.81. The molecule has 0 spiro atoms. The summed E-state index contributed by atoms with van der Waals surface area (Å²) in [6, 6.07) is 2.70. The zero-order chi connectivity index (χ0) is 13.8. The van der Waals surface area contributed by atoms with Crippen LogP contribution >= 0.6 is 27.5 Å². The van der Waals surface area contributed by atoms with Crippen LogP contribution in [0.5, 0.6) is 0 Å². The molecule has 5 heteroatoms. The summed E-state index contributed by atoms with van der Waals surface area (Å²) in [5.41, 5.74) is 1.08. The standard InChI is InChI=1S/C14H21BrClN3/c1-3-19-6-4-5-13(19)10-18(2)14-11(8-16)7-12(15)9-17-14/h7,9,13H,3-6,8,10H2,1-2H3. The van der Waals surface area contributed by atoms with E-state index in [0.717, 1.165) is 28.9 Å². The summed E-state index contributed by atoms with van der Waals surface area (Å²) >= 11 is 9.47. The van der Waals surface area contributed by atoms with Crippen LogP contribution in [-0.4, -0.2) is 42.6 Å². The molecule has 1 aliphatic heterocycles. The van der Waals surface area contributed by atoms with Crippen LogP contribution in [-0.2, 0) is 5.88 Å². The molecule has 0 aromatic carbocycles. The van der Waals surface area contributed by atoms with Gasteiger partial charge in [0.2, 0.25) is 0 Å². The van der Waals surface area contributed by atoms with Crippen molar-refractivity contribution in [1.82, 2.24) is 9.88 Å². The van der Waals surface area contributed by atoms with Gasteiger partial charge in [0.1, 0.15) is 5.82 Å². The minimum absolute atomic E-state index is 0.494. The van der Waals surface area contributed by atoms with Gasteiger partial charge < -0.3 is 4.90 Å². The van der Waals surface area contributed by atoms with Crippen molar-refractivity contribution in [2.24, 2.45) is 0 Å². The van der Waals surface area contributed by atoms with Gasteiger partial charge in [-0.05, 0) is 47.9 Å². The van der Waals surface area contributed by atoms with Crippen LogP contribution in [0.2, 0.25) is 0 Å². The van der Waals surface area contributed by atoms with Crippen molar-refractivity contribution in [3.63, 3.8) is 0 Å². The quantitative estimate of drug-likeness (QED) is 0.761. The molecule has 19 heavy (non-hydrogen) atoms. The number of likely N-dealkylation sites (tertiary alicyclic amines) is 1. The maximum atomic E-state index is 6.02. The number of likely N-dealkylation sites (N-methyl/N-ethyl adjacent to an activating group) is 2. The van der Waals surface area contributed by atoms with Gasteiger partial charge in [-0.15, -0.1) is 11.6 Å². The number of anilines is 1. The summed E-state index contributed by atoms with van der Waals surface area (Å²) in [5.74, 6) is 1.50. The fraction of sp³-hybridized carbons (Fsp3) is 0.643. The smallest absolute Gasteiger partial charge is 0.132 e. The summed E-state index contributed by atoms with van der Waals surface area (Å²) < 4.78 is 0.983. The molecule has 106 valence electrons. The molecule has 1 aliphatic rings.